The Hall–Kier alpha value is -1.36. The number of aliphatic hydroxyl groups excluding tert-OH is 1. The summed E-state index contributed by atoms with van der Waals surface area (Å²) in [5, 5.41) is 20.0. The summed E-state index contributed by atoms with van der Waals surface area (Å²) >= 11 is 0. The summed E-state index contributed by atoms with van der Waals surface area (Å²) in [6, 6.07) is 0. The maximum absolute atomic E-state index is 13.1. The first-order valence-electron chi connectivity index (χ1n) is 17.0. The number of esters is 1. The van der Waals surface area contributed by atoms with Crippen molar-refractivity contribution in [3.63, 3.8) is 0 Å². The number of hydrogen-bond donors (Lipinski definition) is 2. The van der Waals surface area contributed by atoms with Crippen molar-refractivity contribution in [2.24, 2.45) is 62.1 Å². The SMILES string of the molecule is C=C(C)[C@@H]1CC[C@]2(CO)CC[C@]3(C)C(CCC4[C@@]5(C)CC[C@H](OC(=O)CC(C)(C)CC(=O)O)C(C)(C)C5CC[C@]43C)C12. The number of fused-ring (bicyclic) bond motifs is 7. The van der Waals surface area contributed by atoms with Crippen molar-refractivity contribution in [2.75, 3.05) is 6.61 Å². The highest BCUT2D eigenvalue weighted by atomic mass is 16.5. The van der Waals surface area contributed by atoms with Gasteiger partial charge in [0.2, 0.25) is 0 Å². The van der Waals surface area contributed by atoms with E-state index in [0.29, 0.717) is 36.2 Å². The van der Waals surface area contributed by atoms with Crippen LogP contribution in [0.1, 0.15) is 132 Å². The molecule has 0 aromatic heterocycles. The Morgan fingerprint density at radius 1 is 0.857 bits per heavy atom. The molecule has 5 rings (SSSR count). The molecule has 5 saturated carbocycles. The molecule has 5 aliphatic rings. The maximum atomic E-state index is 13.1. The molecule has 5 nitrogen and oxygen atoms in total. The van der Waals surface area contributed by atoms with E-state index in [1.54, 1.807) is 0 Å². The van der Waals surface area contributed by atoms with E-state index in [4.69, 9.17) is 4.74 Å². The Morgan fingerprint density at radius 2 is 1.55 bits per heavy atom. The van der Waals surface area contributed by atoms with Crippen LogP contribution in [0.4, 0.5) is 0 Å². The van der Waals surface area contributed by atoms with E-state index in [1.165, 1.54) is 37.7 Å². The Labute approximate surface area is 255 Å². The number of allylic oxidation sites excluding steroid dienone is 1. The van der Waals surface area contributed by atoms with Crippen LogP contribution in [0, 0.1) is 62.1 Å². The number of carboxylic acid groups (broad SMARTS) is 1. The first-order valence-corrected chi connectivity index (χ1v) is 17.0. The highest BCUT2D eigenvalue weighted by Gasteiger charge is 2.71. The Kier molecular flexibility index (Phi) is 7.89. The van der Waals surface area contributed by atoms with Crippen molar-refractivity contribution in [1.82, 2.24) is 0 Å². The first kappa shape index (κ1) is 32.0. The van der Waals surface area contributed by atoms with Crippen molar-refractivity contribution in [1.29, 1.82) is 0 Å². The molecule has 0 radical (unpaired) electrons. The van der Waals surface area contributed by atoms with Crippen molar-refractivity contribution >= 4 is 11.9 Å². The summed E-state index contributed by atoms with van der Waals surface area (Å²) in [5.74, 6) is 1.73. The van der Waals surface area contributed by atoms with Gasteiger partial charge in [-0.1, -0.05) is 60.6 Å². The number of aliphatic carboxylic acids is 1. The van der Waals surface area contributed by atoms with Gasteiger partial charge in [-0.3, -0.25) is 9.59 Å². The van der Waals surface area contributed by atoms with Gasteiger partial charge in [-0.2, -0.15) is 0 Å². The second-order valence-corrected chi connectivity index (χ2v) is 18.0. The molecule has 5 fully saturated rings. The fraction of sp³-hybridized carbons (Fsp3) is 0.892. The smallest absolute Gasteiger partial charge is 0.306 e. The molecule has 4 unspecified atom stereocenters. The Balaban J connectivity index is 1.39. The number of ether oxygens (including phenoxy) is 1. The molecule has 10 atom stereocenters. The molecule has 0 aromatic rings. The quantitative estimate of drug-likeness (QED) is 0.232. The summed E-state index contributed by atoms with van der Waals surface area (Å²) in [5.41, 5.74) is 1.37. The second-order valence-electron chi connectivity index (χ2n) is 18.0. The maximum Gasteiger partial charge on any atom is 0.306 e. The number of carbonyl (C=O) groups is 2. The van der Waals surface area contributed by atoms with Crippen molar-refractivity contribution in [3.8, 4) is 0 Å². The number of aliphatic hydroxyl groups is 1. The minimum Gasteiger partial charge on any atom is -0.481 e. The predicted octanol–water partition coefficient (Wildman–Crippen LogP) is 8.44. The Bertz CT molecular complexity index is 1110. The molecule has 0 spiro atoms. The molecule has 0 aliphatic heterocycles. The summed E-state index contributed by atoms with van der Waals surface area (Å²) in [6.07, 6.45) is 11.5. The van der Waals surface area contributed by atoms with Crippen LogP contribution in [0.2, 0.25) is 0 Å². The van der Waals surface area contributed by atoms with Gasteiger partial charge in [-0.15, -0.1) is 0 Å². The lowest BCUT2D eigenvalue weighted by molar-refractivity contribution is -0.251. The van der Waals surface area contributed by atoms with E-state index in [-0.39, 0.29) is 52.0 Å². The van der Waals surface area contributed by atoms with Gasteiger partial charge in [0.25, 0.3) is 0 Å². The van der Waals surface area contributed by atoms with Crippen LogP contribution >= 0.6 is 0 Å². The number of carboxylic acids is 1. The molecule has 0 bridgehead atoms. The monoisotopic (exact) mass is 584 g/mol. The van der Waals surface area contributed by atoms with E-state index < -0.39 is 11.4 Å². The lowest BCUT2D eigenvalue weighted by atomic mass is 9.32. The average molecular weight is 585 g/mol. The summed E-state index contributed by atoms with van der Waals surface area (Å²) in [4.78, 5) is 24.4. The van der Waals surface area contributed by atoms with E-state index in [2.05, 4.69) is 48.1 Å². The second kappa shape index (κ2) is 10.3. The molecule has 42 heavy (non-hydrogen) atoms. The fourth-order valence-electron chi connectivity index (χ4n) is 12.8. The van der Waals surface area contributed by atoms with Crippen molar-refractivity contribution < 1.29 is 24.5 Å². The van der Waals surface area contributed by atoms with Gasteiger partial charge in [-0.25, -0.2) is 0 Å². The third-order valence-electron chi connectivity index (χ3n) is 15.0. The molecule has 5 aliphatic carbocycles. The van der Waals surface area contributed by atoms with Crippen LogP contribution < -0.4 is 0 Å². The van der Waals surface area contributed by atoms with Crippen molar-refractivity contribution in [3.05, 3.63) is 12.2 Å². The van der Waals surface area contributed by atoms with Crippen LogP contribution in [0.15, 0.2) is 12.2 Å². The number of carbonyl (C=O) groups excluding carboxylic acids is 1. The summed E-state index contributed by atoms with van der Waals surface area (Å²) in [7, 11) is 0. The van der Waals surface area contributed by atoms with E-state index >= 15 is 0 Å². The molecule has 0 aromatic carbocycles. The predicted molar refractivity (Wildman–Crippen MR) is 167 cm³/mol. The minimum absolute atomic E-state index is 0.0374. The van der Waals surface area contributed by atoms with Gasteiger partial charge in [0.15, 0.2) is 0 Å². The zero-order valence-electron chi connectivity index (χ0n) is 28.0. The molecular weight excluding hydrogens is 524 g/mol. The summed E-state index contributed by atoms with van der Waals surface area (Å²) in [6.45, 7) is 23.2. The van der Waals surface area contributed by atoms with Crippen LogP contribution in [0.25, 0.3) is 0 Å². The van der Waals surface area contributed by atoms with E-state index in [0.717, 1.165) is 32.1 Å². The van der Waals surface area contributed by atoms with Gasteiger partial charge in [0, 0.05) is 12.0 Å². The highest BCUT2D eigenvalue weighted by Crippen LogP contribution is 2.77. The normalized spacial score (nSPS) is 46.0. The van der Waals surface area contributed by atoms with Gasteiger partial charge < -0.3 is 14.9 Å². The molecular formula is C37H60O5. The van der Waals surface area contributed by atoms with E-state index in [1.807, 2.05) is 13.8 Å². The standard InChI is InChI=1S/C37H60O5/c1-23(2)24-12-17-37(22-38)19-18-35(8)25(31(24)37)10-11-27-34(7)15-14-28(33(5,6)26(34)13-16-36(27,35)9)42-30(41)21-32(3,4)20-29(39)40/h24-28,31,38H,1,10-22H2,2-9H3,(H,39,40)/t24-,25?,26?,27?,28-,31?,34-,35+,36+,37+/m0/s1. The van der Waals surface area contributed by atoms with Crippen LogP contribution in [-0.4, -0.2) is 34.9 Å². The molecule has 0 amide bonds. The molecule has 5 heteroatoms. The molecule has 238 valence electrons. The summed E-state index contributed by atoms with van der Waals surface area (Å²) < 4.78 is 6.23. The molecule has 2 N–H and O–H groups in total. The van der Waals surface area contributed by atoms with Gasteiger partial charge in [-0.05, 0) is 128 Å². The molecule has 0 heterocycles. The molecule has 0 saturated heterocycles. The van der Waals surface area contributed by atoms with Gasteiger partial charge in [0.05, 0.1) is 12.8 Å². The zero-order chi connectivity index (χ0) is 31.1. The van der Waals surface area contributed by atoms with Crippen molar-refractivity contribution in [2.45, 2.75) is 139 Å². The third-order valence-corrected chi connectivity index (χ3v) is 15.0. The van der Waals surface area contributed by atoms with Gasteiger partial charge >= 0.3 is 11.9 Å². The fourth-order valence-corrected chi connectivity index (χ4v) is 12.8. The third kappa shape index (κ3) is 4.64. The topological polar surface area (TPSA) is 83.8 Å². The average Bonchev–Trinajstić information content (AvgIpc) is 3.25. The van der Waals surface area contributed by atoms with Gasteiger partial charge in [0.1, 0.15) is 6.10 Å². The van der Waals surface area contributed by atoms with E-state index in [9.17, 15) is 19.8 Å². The van der Waals surface area contributed by atoms with Crippen LogP contribution in [0.3, 0.4) is 0 Å². The number of hydrogen-bond acceptors (Lipinski definition) is 4. The zero-order valence-corrected chi connectivity index (χ0v) is 28.0. The highest BCUT2D eigenvalue weighted by molar-refractivity contribution is 5.73. The first-order chi connectivity index (χ1) is 19.4. The minimum atomic E-state index is -0.877. The van der Waals surface area contributed by atoms with Crippen LogP contribution in [-0.2, 0) is 14.3 Å². The lowest BCUT2D eigenvalue weighted by Gasteiger charge is -2.73. The Morgan fingerprint density at radius 3 is 2.17 bits per heavy atom. The largest absolute Gasteiger partial charge is 0.481 e. The van der Waals surface area contributed by atoms with Crippen LogP contribution in [0.5, 0.6) is 0 Å². The number of rotatable bonds is 7. The lowest BCUT2D eigenvalue weighted by Crippen LogP contribution is -2.67.